The van der Waals surface area contributed by atoms with Gasteiger partial charge in [-0.25, -0.2) is 9.97 Å². The van der Waals surface area contributed by atoms with Gasteiger partial charge in [0, 0.05) is 29.9 Å². The fraction of sp³-hybridized carbons (Fsp3) is 0.267. The molecular formula is C15H17ClN4O. The highest BCUT2D eigenvalue weighted by Gasteiger charge is 2.14. The number of carbonyl (C=O) groups is 1. The van der Waals surface area contributed by atoms with E-state index < -0.39 is 0 Å². The largest absolute Gasteiger partial charge is 0.340 e. The zero-order valence-corrected chi connectivity index (χ0v) is 12.8. The second-order valence-electron chi connectivity index (χ2n) is 4.40. The molecule has 2 aromatic rings. The molecule has 21 heavy (non-hydrogen) atoms. The maximum Gasteiger partial charge on any atom is 0.272 e. The molecule has 0 aliphatic carbocycles. The summed E-state index contributed by atoms with van der Waals surface area (Å²) in [6.45, 7) is 5.17. The summed E-state index contributed by atoms with van der Waals surface area (Å²) in [7, 11) is 0. The number of anilines is 2. The Balaban J connectivity index is 2.20. The fourth-order valence-corrected chi connectivity index (χ4v) is 2.12. The first-order valence-electron chi connectivity index (χ1n) is 6.78. The lowest BCUT2D eigenvalue weighted by atomic mass is 10.3. The Morgan fingerprint density at radius 2 is 2.00 bits per heavy atom. The normalized spacial score (nSPS) is 10.2. The lowest BCUT2D eigenvalue weighted by molar-refractivity contribution is 0.0767. The van der Waals surface area contributed by atoms with E-state index in [0.29, 0.717) is 29.6 Å². The first kappa shape index (κ1) is 15.3. The summed E-state index contributed by atoms with van der Waals surface area (Å²) in [6, 6.07) is 8.94. The number of amides is 1. The molecule has 0 spiro atoms. The van der Waals surface area contributed by atoms with Gasteiger partial charge in [0.1, 0.15) is 17.8 Å². The number of hydrogen-bond donors (Lipinski definition) is 1. The zero-order chi connectivity index (χ0) is 15.2. The third-order valence-corrected chi connectivity index (χ3v) is 3.27. The summed E-state index contributed by atoms with van der Waals surface area (Å²) in [5.74, 6) is 0.458. The number of benzene rings is 1. The van der Waals surface area contributed by atoms with Crippen LogP contribution in [0.5, 0.6) is 0 Å². The van der Waals surface area contributed by atoms with Crippen molar-refractivity contribution in [2.24, 2.45) is 0 Å². The number of nitrogens with zero attached hydrogens (tertiary/aromatic N) is 3. The molecule has 5 nitrogen and oxygen atoms in total. The zero-order valence-electron chi connectivity index (χ0n) is 12.0. The minimum atomic E-state index is -0.100. The summed E-state index contributed by atoms with van der Waals surface area (Å²) in [5.41, 5.74) is 1.18. The molecule has 1 N–H and O–H groups in total. The van der Waals surface area contributed by atoms with Gasteiger partial charge in [-0.2, -0.15) is 0 Å². The van der Waals surface area contributed by atoms with Crippen LogP contribution in [-0.4, -0.2) is 33.9 Å². The van der Waals surface area contributed by atoms with Crippen molar-refractivity contribution in [1.29, 1.82) is 0 Å². The molecule has 0 unspecified atom stereocenters. The Morgan fingerprint density at radius 1 is 1.24 bits per heavy atom. The maximum absolute atomic E-state index is 12.3. The predicted molar refractivity (Wildman–Crippen MR) is 84.0 cm³/mol. The third-order valence-electron chi connectivity index (χ3n) is 3.03. The molecule has 110 valence electrons. The molecule has 0 fully saturated rings. The van der Waals surface area contributed by atoms with E-state index in [1.165, 1.54) is 6.33 Å². The highest BCUT2D eigenvalue weighted by molar-refractivity contribution is 6.30. The van der Waals surface area contributed by atoms with Crippen molar-refractivity contribution >= 4 is 29.0 Å². The van der Waals surface area contributed by atoms with Crippen LogP contribution in [-0.2, 0) is 0 Å². The predicted octanol–water partition coefficient (Wildman–Crippen LogP) is 3.36. The van der Waals surface area contributed by atoms with Gasteiger partial charge in [-0.1, -0.05) is 17.7 Å². The Kier molecular flexibility index (Phi) is 5.11. The molecule has 1 aromatic heterocycles. The SMILES string of the molecule is CCN(CC)C(=O)c1cc(Nc2cccc(Cl)c2)ncn1. The summed E-state index contributed by atoms with van der Waals surface area (Å²) < 4.78 is 0. The van der Waals surface area contributed by atoms with E-state index in [1.807, 2.05) is 26.0 Å². The molecule has 0 saturated heterocycles. The van der Waals surface area contributed by atoms with Crippen molar-refractivity contribution in [3.8, 4) is 0 Å². The Labute approximate surface area is 129 Å². The van der Waals surface area contributed by atoms with E-state index in [-0.39, 0.29) is 5.91 Å². The minimum absolute atomic E-state index is 0.100. The van der Waals surface area contributed by atoms with Gasteiger partial charge < -0.3 is 10.2 Å². The number of nitrogens with one attached hydrogen (secondary N) is 1. The van der Waals surface area contributed by atoms with E-state index in [1.54, 1.807) is 23.1 Å². The molecule has 0 radical (unpaired) electrons. The first-order valence-corrected chi connectivity index (χ1v) is 7.15. The van der Waals surface area contributed by atoms with Crippen LogP contribution in [0, 0.1) is 0 Å². The van der Waals surface area contributed by atoms with Crippen LogP contribution in [0.15, 0.2) is 36.7 Å². The summed E-state index contributed by atoms with van der Waals surface area (Å²) in [6.07, 6.45) is 1.38. The smallest absolute Gasteiger partial charge is 0.272 e. The van der Waals surface area contributed by atoms with E-state index in [0.717, 1.165) is 5.69 Å². The van der Waals surface area contributed by atoms with Crippen molar-refractivity contribution < 1.29 is 4.79 Å². The number of rotatable bonds is 5. The molecule has 0 bridgehead atoms. The van der Waals surface area contributed by atoms with Gasteiger partial charge in [-0.3, -0.25) is 4.79 Å². The molecule has 2 rings (SSSR count). The van der Waals surface area contributed by atoms with Gasteiger partial charge in [-0.15, -0.1) is 0 Å². The van der Waals surface area contributed by atoms with Crippen molar-refractivity contribution in [3.05, 3.63) is 47.4 Å². The van der Waals surface area contributed by atoms with Crippen LogP contribution in [0.3, 0.4) is 0 Å². The molecular weight excluding hydrogens is 288 g/mol. The maximum atomic E-state index is 12.3. The van der Waals surface area contributed by atoms with Crippen LogP contribution in [0.1, 0.15) is 24.3 Å². The van der Waals surface area contributed by atoms with Gasteiger partial charge >= 0.3 is 0 Å². The number of hydrogen-bond acceptors (Lipinski definition) is 4. The van der Waals surface area contributed by atoms with Crippen LogP contribution in [0.2, 0.25) is 5.02 Å². The second kappa shape index (κ2) is 7.04. The average Bonchev–Trinajstić information content (AvgIpc) is 2.48. The molecule has 6 heteroatoms. The lowest BCUT2D eigenvalue weighted by Crippen LogP contribution is -2.31. The van der Waals surface area contributed by atoms with Crippen LogP contribution in [0.4, 0.5) is 11.5 Å². The molecule has 1 amide bonds. The fourth-order valence-electron chi connectivity index (χ4n) is 1.93. The molecule has 0 aliphatic heterocycles. The van der Waals surface area contributed by atoms with Gasteiger partial charge in [0.05, 0.1) is 0 Å². The van der Waals surface area contributed by atoms with Crippen molar-refractivity contribution in [1.82, 2.24) is 14.9 Å². The molecule has 1 heterocycles. The highest BCUT2D eigenvalue weighted by atomic mass is 35.5. The Bertz CT molecular complexity index is 629. The lowest BCUT2D eigenvalue weighted by Gasteiger charge is -2.18. The van der Waals surface area contributed by atoms with Gasteiger partial charge in [0.25, 0.3) is 5.91 Å². The van der Waals surface area contributed by atoms with E-state index in [9.17, 15) is 4.79 Å². The van der Waals surface area contributed by atoms with Crippen LogP contribution >= 0.6 is 11.6 Å². The quantitative estimate of drug-likeness (QED) is 0.920. The molecule has 0 aliphatic rings. The summed E-state index contributed by atoms with van der Waals surface area (Å²) >= 11 is 5.94. The van der Waals surface area contributed by atoms with E-state index >= 15 is 0 Å². The first-order chi connectivity index (χ1) is 10.1. The average molecular weight is 305 g/mol. The van der Waals surface area contributed by atoms with E-state index in [2.05, 4.69) is 15.3 Å². The van der Waals surface area contributed by atoms with Crippen molar-refractivity contribution in [3.63, 3.8) is 0 Å². The summed E-state index contributed by atoms with van der Waals surface area (Å²) in [4.78, 5) is 22.1. The highest BCUT2D eigenvalue weighted by Crippen LogP contribution is 2.19. The molecule has 1 aromatic carbocycles. The van der Waals surface area contributed by atoms with E-state index in [4.69, 9.17) is 11.6 Å². The molecule has 0 saturated carbocycles. The monoisotopic (exact) mass is 304 g/mol. The van der Waals surface area contributed by atoms with Gasteiger partial charge in [0.2, 0.25) is 0 Å². The number of halogens is 1. The summed E-state index contributed by atoms with van der Waals surface area (Å²) in [5, 5.41) is 3.74. The van der Waals surface area contributed by atoms with Crippen LogP contribution < -0.4 is 5.32 Å². The standard InChI is InChI=1S/C15H17ClN4O/c1-3-20(4-2)15(21)13-9-14(18-10-17-13)19-12-7-5-6-11(16)8-12/h5-10H,3-4H2,1-2H3,(H,17,18,19). The number of carbonyl (C=O) groups excluding carboxylic acids is 1. The Hall–Kier alpha value is -2.14. The molecule has 0 atom stereocenters. The van der Waals surface area contributed by atoms with Gasteiger partial charge in [-0.05, 0) is 32.0 Å². The second-order valence-corrected chi connectivity index (χ2v) is 4.84. The third kappa shape index (κ3) is 3.92. The topological polar surface area (TPSA) is 58.1 Å². The van der Waals surface area contributed by atoms with Crippen molar-refractivity contribution in [2.45, 2.75) is 13.8 Å². The van der Waals surface area contributed by atoms with Crippen LogP contribution in [0.25, 0.3) is 0 Å². The number of aromatic nitrogens is 2. The van der Waals surface area contributed by atoms with Crippen molar-refractivity contribution in [2.75, 3.05) is 18.4 Å². The minimum Gasteiger partial charge on any atom is -0.340 e. The van der Waals surface area contributed by atoms with Gasteiger partial charge in [0.15, 0.2) is 0 Å². The Morgan fingerprint density at radius 3 is 2.67 bits per heavy atom.